The fourth-order valence-corrected chi connectivity index (χ4v) is 3.01. The number of aromatic nitrogens is 2. The Balaban J connectivity index is 1.53. The minimum absolute atomic E-state index is 0.148. The highest BCUT2D eigenvalue weighted by Crippen LogP contribution is 2.10. The van der Waals surface area contributed by atoms with Crippen molar-refractivity contribution in [2.24, 2.45) is 0 Å². The van der Waals surface area contributed by atoms with Crippen molar-refractivity contribution < 1.29 is 9.21 Å². The van der Waals surface area contributed by atoms with E-state index in [0.29, 0.717) is 28.9 Å². The number of para-hydroxylation sites is 1. The van der Waals surface area contributed by atoms with E-state index in [9.17, 15) is 14.4 Å². The number of nitrogens with zero attached hydrogens (tertiary/aromatic N) is 1. The number of fused-ring (bicyclic) bond motifs is 1. The number of hydrogen-bond acceptors (Lipinski definition) is 4. The van der Waals surface area contributed by atoms with Crippen LogP contribution in [0.1, 0.15) is 11.3 Å². The standard InChI is InChI=1S/C21H17N3O4/c25-19(22-13-16-4-3-11-28-16)12-14-7-9-15(10-8-14)24-20(26)17-5-1-2-6-18(17)23-21(24)27/h1-11H,12-13H2,(H,22,25)(H,23,27). The molecule has 0 saturated heterocycles. The summed E-state index contributed by atoms with van der Waals surface area (Å²) in [6, 6.07) is 17.2. The summed E-state index contributed by atoms with van der Waals surface area (Å²) in [5.41, 5.74) is 0.817. The van der Waals surface area contributed by atoms with Crippen LogP contribution in [0.4, 0.5) is 0 Å². The molecule has 2 heterocycles. The average Bonchev–Trinajstić information content (AvgIpc) is 3.21. The number of nitrogens with one attached hydrogen (secondary N) is 2. The lowest BCUT2D eigenvalue weighted by Crippen LogP contribution is -2.33. The highest BCUT2D eigenvalue weighted by molar-refractivity contribution is 5.79. The minimum atomic E-state index is -0.507. The number of amides is 1. The number of carbonyl (C=O) groups is 1. The zero-order valence-corrected chi connectivity index (χ0v) is 14.8. The molecule has 0 bridgehead atoms. The van der Waals surface area contributed by atoms with E-state index in [0.717, 1.165) is 10.1 Å². The van der Waals surface area contributed by atoms with Gasteiger partial charge in [0.2, 0.25) is 5.91 Å². The molecule has 4 rings (SSSR count). The smallest absolute Gasteiger partial charge is 0.333 e. The molecule has 28 heavy (non-hydrogen) atoms. The molecule has 7 heteroatoms. The van der Waals surface area contributed by atoms with Crippen molar-refractivity contribution in [3.05, 3.63) is 99.1 Å². The number of hydrogen-bond donors (Lipinski definition) is 2. The summed E-state index contributed by atoms with van der Waals surface area (Å²) in [6.45, 7) is 0.325. The molecular weight excluding hydrogens is 358 g/mol. The highest BCUT2D eigenvalue weighted by Gasteiger charge is 2.10. The first-order valence-corrected chi connectivity index (χ1v) is 8.74. The maximum Gasteiger partial charge on any atom is 0.333 e. The van der Waals surface area contributed by atoms with Gasteiger partial charge in [-0.1, -0.05) is 24.3 Å². The average molecular weight is 375 g/mol. The Morgan fingerprint density at radius 3 is 2.54 bits per heavy atom. The summed E-state index contributed by atoms with van der Waals surface area (Å²) in [7, 11) is 0. The molecule has 0 radical (unpaired) electrons. The van der Waals surface area contributed by atoms with Gasteiger partial charge in [-0.15, -0.1) is 0 Å². The van der Waals surface area contributed by atoms with Crippen LogP contribution in [0.2, 0.25) is 0 Å². The molecule has 0 fully saturated rings. The maximum absolute atomic E-state index is 12.7. The van der Waals surface area contributed by atoms with Crippen molar-refractivity contribution >= 4 is 16.8 Å². The summed E-state index contributed by atoms with van der Waals surface area (Å²) in [5, 5.41) is 3.21. The van der Waals surface area contributed by atoms with Crippen molar-refractivity contribution in [1.29, 1.82) is 0 Å². The molecule has 2 N–H and O–H groups in total. The molecule has 1 amide bonds. The Hall–Kier alpha value is -3.87. The summed E-state index contributed by atoms with van der Waals surface area (Å²) in [5.74, 6) is 0.531. The molecule has 140 valence electrons. The molecule has 0 aliphatic heterocycles. The molecule has 0 spiro atoms. The van der Waals surface area contributed by atoms with Crippen LogP contribution in [0.3, 0.4) is 0 Å². The van der Waals surface area contributed by atoms with Crippen LogP contribution in [-0.2, 0) is 17.8 Å². The lowest BCUT2D eigenvalue weighted by Gasteiger charge is -2.08. The van der Waals surface area contributed by atoms with Crippen molar-refractivity contribution in [3.8, 4) is 5.69 Å². The summed E-state index contributed by atoms with van der Waals surface area (Å²) >= 11 is 0. The van der Waals surface area contributed by atoms with Crippen LogP contribution < -0.4 is 16.6 Å². The second-order valence-corrected chi connectivity index (χ2v) is 6.32. The summed E-state index contributed by atoms with van der Waals surface area (Å²) in [4.78, 5) is 39.8. The van der Waals surface area contributed by atoms with Gasteiger partial charge in [-0.05, 0) is 42.0 Å². The molecule has 0 aliphatic rings. The molecule has 0 aliphatic carbocycles. The lowest BCUT2D eigenvalue weighted by atomic mass is 10.1. The quantitative estimate of drug-likeness (QED) is 0.558. The van der Waals surface area contributed by atoms with E-state index in [1.807, 2.05) is 0 Å². The van der Waals surface area contributed by atoms with E-state index < -0.39 is 5.69 Å². The molecule has 0 saturated carbocycles. The number of rotatable bonds is 5. The normalized spacial score (nSPS) is 10.9. The fraction of sp³-hybridized carbons (Fsp3) is 0.0952. The van der Waals surface area contributed by atoms with Crippen molar-refractivity contribution in [2.45, 2.75) is 13.0 Å². The van der Waals surface area contributed by atoms with E-state index in [1.54, 1.807) is 66.9 Å². The first-order valence-electron chi connectivity index (χ1n) is 8.74. The van der Waals surface area contributed by atoms with Gasteiger partial charge >= 0.3 is 5.69 Å². The molecule has 0 unspecified atom stereocenters. The second kappa shape index (κ2) is 7.40. The predicted octanol–water partition coefficient (Wildman–Crippen LogP) is 2.13. The first-order chi connectivity index (χ1) is 13.6. The third-order valence-corrected chi connectivity index (χ3v) is 4.40. The number of H-pyrrole nitrogens is 1. The van der Waals surface area contributed by atoms with E-state index in [4.69, 9.17) is 4.42 Å². The Morgan fingerprint density at radius 1 is 1.00 bits per heavy atom. The third-order valence-electron chi connectivity index (χ3n) is 4.40. The Bertz CT molecular complexity index is 1240. The third kappa shape index (κ3) is 3.50. The summed E-state index contributed by atoms with van der Waals surface area (Å²) < 4.78 is 6.26. The SMILES string of the molecule is O=C(Cc1ccc(-n2c(=O)[nH]c3ccccc3c2=O)cc1)NCc1ccco1. The molecular formula is C21H17N3O4. The fourth-order valence-electron chi connectivity index (χ4n) is 3.01. The Kier molecular flexibility index (Phi) is 4.63. The van der Waals surface area contributed by atoms with Gasteiger partial charge in [-0.2, -0.15) is 0 Å². The second-order valence-electron chi connectivity index (χ2n) is 6.32. The summed E-state index contributed by atoms with van der Waals surface area (Å²) in [6.07, 6.45) is 1.74. The molecule has 0 atom stereocenters. The van der Waals surface area contributed by atoms with Gasteiger partial charge in [0, 0.05) is 0 Å². The van der Waals surface area contributed by atoms with Gasteiger partial charge in [0.1, 0.15) is 5.76 Å². The van der Waals surface area contributed by atoms with Gasteiger partial charge in [-0.3, -0.25) is 9.59 Å². The van der Waals surface area contributed by atoms with Gasteiger partial charge in [0.25, 0.3) is 5.56 Å². The van der Waals surface area contributed by atoms with Gasteiger partial charge in [0.05, 0.1) is 35.8 Å². The van der Waals surface area contributed by atoms with E-state index in [2.05, 4.69) is 10.3 Å². The van der Waals surface area contributed by atoms with Crippen molar-refractivity contribution in [1.82, 2.24) is 14.9 Å². The van der Waals surface area contributed by atoms with E-state index in [-0.39, 0.29) is 17.9 Å². The molecule has 2 aromatic carbocycles. The van der Waals surface area contributed by atoms with Crippen molar-refractivity contribution in [2.75, 3.05) is 0 Å². The zero-order chi connectivity index (χ0) is 19.5. The molecule has 7 nitrogen and oxygen atoms in total. The maximum atomic E-state index is 12.7. The highest BCUT2D eigenvalue weighted by atomic mass is 16.3. The number of benzene rings is 2. The lowest BCUT2D eigenvalue weighted by molar-refractivity contribution is -0.120. The monoisotopic (exact) mass is 375 g/mol. The number of aromatic amines is 1. The van der Waals surface area contributed by atoms with Crippen LogP contribution in [-0.4, -0.2) is 15.5 Å². The first kappa shape index (κ1) is 17.5. The number of furan rings is 1. The van der Waals surface area contributed by atoms with Crippen LogP contribution in [0, 0.1) is 0 Å². The Morgan fingerprint density at radius 2 is 1.79 bits per heavy atom. The largest absolute Gasteiger partial charge is 0.467 e. The zero-order valence-electron chi connectivity index (χ0n) is 14.8. The van der Waals surface area contributed by atoms with Crippen LogP contribution in [0.15, 0.2) is 80.9 Å². The van der Waals surface area contributed by atoms with Crippen LogP contribution in [0.5, 0.6) is 0 Å². The van der Waals surface area contributed by atoms with E-state index >= 15 is 0 Å². The number of carbonyl (C=O) groups excluding carboxylic acids is 1. The van der Waals surface area contributed by atoms with Gasteiger partial charge in [-0.25, -0.2) is 9.36 Å². The van der Waals surface area contributed by atoms with Gasteiger partial charge < -0.3 is 14.7 Å². The predicted molar refractivity (Wildman–Crippen MR) is 104 cm³/mol. The minimum Gasteiger partial charge on any atom is -0.467 e. The van der Waals surface area contributed by atoms with Gasteiger partial charge in [0.15, 0.2) is 0 Å². The van der Waals surface area contributed by atoms with Crippen molar-refractivity contribution in [3.63, 3.8) is 0 Å². The topological polar surface area (TPSA) is 97.1 Å². The molecule has 2 aromatic heterocycles. The van der Waals surface area contributed by atoms with Crippen LogP contribution in [0.25, 0.3) is 16.6 Å². The molecule has 4 aromatic rings. The van der Waals surface area contributed by atoms with E-state index in [1.165, 1.54) is 0 Å². The van der Waals surface area contributed by atoms with Crippen LogP contribution >= 0.6 is 0 Å². The Labute approximate surface area is 159 Å².